The molecule has 0 aromatic carbocycles. The third-order valence-electron chi connectivity index (χ3n) is 6.16. The molecule has 8 nitrogen and oxygen atoms in total. The Balaban J connectivity index is 1.34. The summed E-state index contributed by atoms with van der Waals surface area (Å²) in [5.74, 6) is 2.16. The van der Waals surface area contributed by atoms with Crippen molar-refractivity contribution in [3.63, 3.8) is 0 Å². The van der Waals surface area contributed by atoms with Gasteiger partial charge in [0.25, 0.3) is 0 Å². The molecule has 2 saturated heterocycles. The van der Waals surface area contributed by atoms with Gasteiger partial charge in [0.1, 0.15) is 24.3 Å². The predicted molar refractivity (Wildman–Crippen MR) is 107 cm³/mol. The number of anilines is 1. The number of nitrogens with zero attached hydrogens (tertiary/aromatic N) is 7. The molecule has 0 bridgehead atoms. The van der Waals surface area contributed by atoms with Gasteiger partial charge in [-0.1, -0.05) is 0 Å². The Morgan fingerprint density at radius 1 is 1.07 bits per heavy atom. The van der Waals surface area contributed by atoms with Crippen molar-refractivity contribution in [2.24, 2.45) is 5.92 Å². The first-order valence-corrected chi connectivity index (χ1v) is 10.1. The van der Waals surface area contributed by atoms with Gasteiger partial charge in [0.15, 0.2) is 0 Å². The van der Waals surface area contributed by atoms with E-state index >= 15 is 0 Å². The van der Waals surface area contributed by atoms with Crippen molar-refractivity contribution in [1.29, 1.82) is 0 Å². The fourth-order valence-electron chi connectivity index (χ4n) is 4.25. The van der Waals surface area contributed by atoms with Gasteiger partial charge in [-0.15, -0.1) is 0 Å². The normalized spacial score (nSPS) is 19.7. The van der Waals surface area contributed by atoms with E-state index in [4.69, 9.17) is 0 Å². The molecule has 2 aliphatic rings. The van der Waals surface area contributed by atoms with Crippen molar-refractivity contribution < 1.29 is 4.79 Å². The number of carbonyl (C=O) groups is 1. The summed E-state index contributed by atoms with van der Waals surface area (Å²) in [6.45, 7) is 3.84. The third kappa shape index (κ3) is 4.01. The highest BCUT2D eigenvalue weighted by Gasteiger charge is 2.31. The van der Waals surface area contributed by atoms with Crippen molar-refractivity contribution in [1.82, 2.24) is 29.3 Å². The Hall–Kier alpha value is -2.48. The predicted octanol–water partition coefficient (Wildman–Crippen LogP) is 1.43. The lowest BCUT2D eigenvalue weighted by atomic mass is 9.93. The number of hydrogen-bond acceptors (Lipinski definition) is 6. The van der Waals surface area contributed by atoms with Gasteiger partial charge in [-0.05, 0) is 45.8 Å². The van der Waals surface area contributed by atoms with Crippen LogP contribution >= 0.6 is 0 Å². The average Bonchev–Trinajstić information content (AvgIpc) is 3.28. The van der Waals surface area contributed by atoms with Crippen LogP contribution in [0.1, 0.15) is 25.7 Å². The fourth-order valence-corrected chi connectivity index (χ4v) is 4.25. The van der Waals surface area contributed by atoms with E-state index in [0.29, 0.717) is 11.9 Å². The third-order valence-corrected chi connectivity index (χ3v) is 6.16. The van der Waals surface area contributed by atoms with Crippen LogP contribution in [0.2, 0.25) is 0 Å². The average molecular weight is 384 g/mol. The van der Waals surface area contributed by atoms with Crippen LogP contribution in [0.25, 0.3) is 5.82 Å². The van der Waals surface area contributed by atoms with Crippen LogP contribution in [0.5, 0.6) is 0 Å². The molecule has 0 N–H and O–H groups in total. The van der Waals surface area contributed by atoms with E-state index < -0.39 is 0 Å². The summed E-state index contributed by atoms with van der Waals surface area (Å²) in [4.78, 5) is 32.4. The fraction of sp³-hybridized carbons (Fsp3) is 0.600. The van der Waals surface area contributed by atoms with Crippen molar-refractivity contribution >= 4 is 11.7 Å². The smallest absolute Gasteiger partial charge is 0.225 e. The summed E-state index contributed by atoms with van der Waals surface area (Å²) in [7, 11) is 4.14. The van der Waals surface area contributed by atoms with E-state index in [1.807, 2.05) is 28.8 Å². The minimum absolute atomic E-state index is 0.121. The molecule has 2 aliphatic heterocycles. The molecule has 4 rings (SSSR count). The first-order valence-electron chi connectivity index (χ1n) is 10.1. The first kappa shape index (κ1) is 18.9. The zero-order valence-corrected chi connectivity index (χ0v) is 16.7. The SMILES string of the molecule is CN1CCC(N(C)C(=O)C2CCN(c3cc(-n4ccnc4)ncn3)CC2)CC1. The summed E-state index contributed by atoms with van der Waals surface area (Å²) in [5.41, 5.74) is 0. The summed E-state index contributed by atoms with van der Waals surface area (Å²) in [6.07, 6.45) is 10.8. The molecule has 28 heavy (non-hydrogen) atoms. The Bertz CT molecular complexity index is 778. The molecule has 0 radical (unpaired) electrons. The van der Waals surface area contributed by atoms with Crippen LogP contribution in [0.15, 0.2) is 31.1 Å². The Morgan fingerprint density at radius 2 is 1.79 bits per heavy atom. The second-order valence-corrected chi connectivity index (χ2v) is 7.95. The van der Waals surface area contributed by atoms with Crippen molar-refractivity contribution in [3.8, 4) is 5.82 Å². The lowest BCUT2D eigenvalue weighted by Gasteiger charge is -2.39. The maximum absolute atomic E-state index is 13.0. The van der Waals surface area contributed by atoms with E-state index in [-0.39, 0.29) is 5.92 Å². The topological polar surface area (TPSA) is 70.4 Å². The van der Waals surface area contributed by atoms with Gasteiger partial charge in [-0.3, -0.25) is 9.36 Å². The van der Waals surface area contributed by atoms with Crippen LogP contribution in [0.4, 0.5) is 5.82 Å². The molecule has 0 spiro atoms. The van der Waals surface area contributed by atoms with Crippen LogP contribution in [0.3, 0.4) is 0 Å². The summed E-state index contributed by atoms with van der Waals surface area (Å²) < 4.78 is 1.87. The minimum Gasteiger partial charge on any atom is -0.356 e. The molecule has 0 unspecified atom stereocenters. The second-order valence-electron chi connectivity index (χ2n) is 7.95. The molecule has 8 heteroatoms. The van der Waals surface area contributed by atoms with Crippen LogP contribution in [-0.2, 0) is 4.79 Å². The Morgan fingerprint density at radius 3 is 2.46 bits per heavy atom. The number of rotatable bonds is 4. The molecule has 2 aromatic rings. The lowest BCUT2D eigenvalue weighted by molar-refractivity contribution is -0.137. The van der Waals surface area contributed by atoms with Crippen molar-refractivity contribution in [3.05, 3.63) is 31.1 Å². The van der Waals surface area contributed by atoms with E-state index in [0.717, 1.165) is 63.5 Å². The number of amides is 1. The second kappa shape index (κ2) is 8.26. The molecule has 0 atom stereocenters. The largest absolute Gasteiger partial charge is 0.356 e. The van der Waals surface area contributed by atoms with E-state index in [1.165, 1.54) is 0 Å². The van der Waals surface area contributed by atoms with E-state index in [1.54, 1.807) is 18.9 Å². The number of piperidine rings is 2. The number of likely N-dealkylation sites (tertiary alicyclic amines) is 1. The standard InChI is InChI=1S/C20H29N7O/c1-24-8-5-17(6-9-24)25(2)20(28)16-3-10-26(11-4-16)18-13-19(23-14-22-18)27-12-7-21-15-27/h7,12-17H,3-6,8-11H2,1-2H3. The van der Waals surface area contributed by atoms with Crippen molar-refractivity contribution in [2.75, 3.05) is 45.2 Å². The molecule has 0 saturated carbocycles. The highest BCUT2D eigenvalue weighted by Crippen LogP contribution is 2.25. The zero-order chi connectivity index (χ0) is 19.5. The van der Waals surface area contributed by atoms with Crippen molar-refractivity contribution in [2.45, 2.75) is 31.7 Å². The molecule has 2 aromatic heterocycles. The zero-order valence-electron chi connectivity index (χ0n) is 16.7. The molecule has 4 heterocycles. The Labute approximate surface area is 166 Å². The molecule has 2 fully saturated rings. The lowest BCUT2D eigenvalue weighted by Crippen LogP contribution is -2.48. The van der Waals surface area contributed by atoms with Gasteiger partial charge in [0.05, 0.1) is 0 Å². The van der Waals surface area contributed by atoms with Crippen LogP contribution < -0.4 is 4.90 Å². The highest BCUT2D eigenvalue weighted by atomic mass is 16.2. The number of carbonyl (C=O) groups excluding carboxylic acids is 1. The van der Waals surface area contributed by atoms with Gasteiger partial charge in [0, 0.05) is 50.6 Å². The van der Waals surface area contributed by atoms with Crippen LogP contribution in [-0.4, -0.2) is 81.5 Å². The molecule has 150 valence electrons. The van der Waals surface area contributed by atoms with Gasteiger partial charge >= 0.3 is 0 Å². The quantitative estimate of drug-likeness (QED) is 0.796. The maximum atomic E-state index is 13.0. The van der Waals surface area contributed by atoms with Gasteiger partial charge < -0.3 is 14.7 Å². The Kier molecular flexibility index (Phi) is 5.57. The number of imidazole rings is 1. The van der Waals surface area contributed by atoms with Gasteiger partial charge in [-0.25, -0.2) is 15.0 Å². The monoisotopic (exact) mass is 383 g/mol. The highest BCUT2D eigenvalue weighted by molar-refractivity contribution is 5.79. The maximum Gasteiger partial charge on any atom is 0.225 e. The summed E-state index contributed by atoms with van der Waals surface area (Å²) >= 11 is 0. The van der Waals surface area contributed by atoms with E-state index in [9.17, 15) is 4.79 Å². The molecule has 0 aliphatic carbocycles. The molecular weight excluding hydrogens is 354 g/mol. The van der Waals surface area contributed by atoms with Gasteiger partial charge in [0.2, 0.25) is 5.91 Å². The minimum atomic E-state index is 0.121. The number of hydrogen-bond donors (Lipinski definition) is 0. The molecule has 1 amide bonds. The molecular formula is C20H29N7O. The summed E-state index contributed by atoms with van der Waals surface area (Å²) in [6, 6.07) is 2.37. The van der Waals surface area contributed by atoms with Crippen LogP contribution in [0, 0.1) is 5.92 Å². The first-order chi connectivity index (χ1) is 13.6. The number of aromatic nitrogens is 4. The van der Waals surface area contributed by atoms with E-state index in [2.05, 4.69) is 31.8 Å². The van der Waals surface area contributed by atoms with Gasteiger partial charge in [-0.2, -0.15) is 0 Å². The summed E-state index contributed by atoms with van der Waals surface area (Å²) in [5, 5.41) is 0.